The highest BCUT2D eigenvalue weighted by Gasteiger charge is 2.20. The van der Waals surface area contributed by atoms with Gasteiger partial charge in [0, 0.05) is 26.4 Å². The number of aliphatic carboxylic acids is 1. The molecule has 0 saturated carbocycles. The van der Waals surface area contributed by atoms with Crippen molar-refractivity contribution in [3.05, 3.63) is 0 Å². The SMILES string of the molecule is CNC(=O)CCNC(=O)N[C@H](CCC(N)=O)C(=O)O. The van der Waals surface area contributed by atoms with E-state index in [0.717, 1.165) is 0 Å². The van der Waals surface area contributed by atoms with Gasteiger partial charge < -0.3 is 26.8 Å². The Labute approximate surface area is 109 Å². The maximum absolute atomic E-state index is 11.3. The minimum absolute atomic E-state index is 0.0770. The molecular weight excluding hydrogens is 256 g/mol. The first kappa shape index (κ1) is 16.7. The number of carbonyl (C=O) groups is 4. The number of urea groups is 1. The smallest absolute Gasteiger partial charge is 0.326 e. The molecule has 1 atom stereocenters. The van der Waals surface area contributed by atoms with Gasteiger partial charge in [-0.15, -0.1) is 0 Å². The molecule has 0 unspecified atom stereocenters. The molecule has 0 radical (unpaired) electrons. The molecule has 108 valence electrons. The molecule has 6 N–H and O–H groups in total. The Bertz CT molecular complexity index is 358. The highest BCUT2D eigenvalue weighted by Crippen LogP contribution is 1.97. The van der Waals surface area contributed by atoms with E-state index in [4.69, 9.17) is 10.8 Å². The highest BCUT2D eigenvalue weighted by atomic mass is 16.4. The second-order valence-electron chi connectivity index (χ2n) is 3.72. The van der Waals surface area contributed by atoms with Crippen LogP contribution in [-0.4, -0.2) is 48.6 Å². The Balaban J connectivity index is 4.06. The fourth-order valence-electron chi connectivity index (χ4n) is 1.17. The first-order valence-corrected chi connectivity index (χ1v) is 5.63. The molecule has 0 rings (SSSR count). The minimum Gasteiger partial charge on any atom is -0.480 e. The van der Waals surface area contributed by atoms with Crippen molar-refractivity contribution in [2.24, 2.45) is 5.73 Å². The van der Waals surface area contributed by atoms with Crippen LogP contribution < -0.4 is 21.7 Å². The van der Waals surface area contributed by atoms with Gasteiger partial charge in [0.15, 0.2) is 0 Å². The largest absolute Gasteiger partial charge is 0.480 e. The molecule has 0 aromatic rings. The van der Waals surface area contributed by atoms with E-state index in [2.05, 4.69) is 16.0 Å². The van der Waals surface area contributed by atoms with Gasteiger partial charge in [-0.25, -0.2) is 9.59 Å². The Hall–Kier alpha value is -2.32. The number of nitrogens with two attached hydrogens (primary N) is 1. The van der Waals surface area contributed by atoms with Crippen LogP contribution in [0.1, 0.15) is 19.3 Å². The third-order valence-electron chi connectivity index (χ3n) is 2.20. The van der Waals surface area contributed by atoms with Gasteiger partial charge in [-0.3, -0.25) is 9.59 Å². The summed E-state index contributed by atoms with van der Waals surface area (Å²) in [6, 6.07) is -1.92. The minimum atomic E-state index is -1.26. The molecule has 19 heavy (non-hydrogen) atoms. The van der Waals surface area contributed by atoms with E-state index < -0.39 is 23.9 Å². The standard InChI is InChI=1S/C10H18N4O5/c1-12-8(16)4-5-13-10(19)14-6(9(17)18)2-3-7(11)15/h6H,2-5H2,1H3,(H2,11,15)(H,12,16)(H,17,18)(H2,13,14,19)/t6-/m1/s1. The zero-order chi connectivity index (χ0) is 14.8. The predicted octanol–water partition coefficient (Wildman–Crippen LogP) is -1.86. The van der Waals surface area contributed by atoms with E-state index in [-0.39, 0.29) is 31.7 Å². The van der Waals surface area contributed by atoms with E-state index in [1.165, 1.54) is 7.05 Å². The van der Waals surface area contributed by atoms with Crippen LogP contribution in [-0.2, 0) is 14.4 Å². The Kier molecular flexibility index (Phi) is 7.66. The van der Waals surface area contributed by atoms with Crippen LogP contribution in [0, 0.1) is 0 Å². The molecule has 4 amide bonds. The van der Waals surface area contributed by atoms with Gasteiger partial charge in [-0.2, -0.15) is 0 Å². The fraction of sp³-hybridized carbons (Fsp3) is 0.600. The van der Waals surface area contributed by atoms with Crippen molar-refractivity contribution in [3.8, 4) is 0 Å². The summed E-state index contributed by atoms with van der Waals surface area (Å²) in [7, 11) is 1.46. The average molecular weight is 274 g/mol. The maximum atomic E-state index is 11.3. The van der Waals surface area contributed by atoms with Crippen molar-refractivity contribution in [2.75, 3.05) is 13.6 Å². The lowest BCUT2D eigenvalue weighted by atomic mass is 10.1. The van der Waals surface area contributed by atoms with Gasteiger partial charge in [0.25, 0.3) is 0 Å². The van der Waals surface area contributed by atoms with Crippen molar-refractivity contribution in [3.63, 3.8) is 0 Å². The Morgan fingerprint density at radius 1 is 1.21 bits per heavy atom. The van der Waals surface area contributed by atoms with Crippen LogP contribution in [0.25, 0.3) is 0 Å². The number of hydrogen-bond acceptors (Lipinski definition) is 4. The van der Waals surface area contributed by atoms with E-state index >= 15 is 0 Å². The van der Waals surface area contributed by atoms with Gasteiger partial charge in [-0.05, 0) is 6.42 Å². The molecule has 0 heterocycles. The molecule has 0 aromatic carbocycles. The molecule has 0 bridgehead atoms. The van der Waals surface area contributed by atoms with Gasteiger partial charge in [-0.1, -0.05) is 0 Å². The number of amides is 4. The summed E-state index contributed by atoms with van der Waals surface area (Å²) in [5, 5.41) is 15.7. The van der Waals surface area contributed by atoms with E-state index in [9.17, 15) is 19.2 Å². The topological polar surface area (TPSA) is 151 Å². The van der Waals surface area contributed by atoms with Crippen molar-refractivity contribution in [1.29, 1.82) is 0 Å². The number of carboxylic acids is 1. The van der Waals surface area contributed by atoms with E-state index in [1.54, 1.807) is 0 Å². The zero-order valence-electron chi connectivity index (χ0n) is 10.6. The third-order valence-corrected chi connectivity index (χ3v) is 2.20. The molecule has 9 nitrogen and oxygen atoms in total. The molecular formula is C10H18N4O5. The zero-order valence-corrected chi connectivity index (χ0v) is 10.6. The molecule has 0 saturated heterocycles. The maximum Gasteiger partial charge on any atom is 0.326 e. The predicted molar refractivity (Wildman–Crippen MR) is 65.1 cm³/mol. The molecule has 0 aliphatic rings. The second kappa shape index (κ2) is 8.72. The summed E-state index contributed by atoms with van der Waals surface area (Å²) < 4.78 is 0. The third kappa shape index (κ3) is 8.41. The lowest BCUT2D eigenvalue weighted by Gasteiger charge is -2.14. The van der Waals surface area contributed by atoms with Crippen molar-refractivity contribution < 1.29 is 24.3 Å². The summed E-state index contributed by atoms with van der Waals surface area (Å²) in [5.41, 5.74) is 4.90. The van der Waals surface area contributed by atoms with Crippen LogP contribution in [0.2, 0.25) is 0 Å². The number of rotatable bonds is 8. The molecule has 0 aromatic heterocycles. The number of carbonyl (C=O) groups excluding carboxylic acids is 3. The Morgan fingerprint density at radius 2 is 1.84 bits per heavy atom. The van der Waals surface area contributed by atoms with E-state index in [1.807, 2.05) is 0 Å². The van der Waals surface area contributed by atoms with Crippen molar-refractivity contribution >= 4 is 23.8 Å². The van der Waals surface area contributed by atoms with Crippen LogP contribution in [0.15, 0.2) is 0 Å². The summed E-state index contributed by atoms with van der Waals surface area (Å²) in [6.07, 6.45) is -0.147. The first-order chi connectivity index (χ1) is 8.86. The number of carboxylic acid groups (broad SMARTS) is 1. The number of primary amides is 1. The van der Waals surface area contributed by atoms with Crippen LogP contribution in [0.5, 0.6) is 0 Å². The molecule has 0 spiro atoms. The number of nitrogens with one attached hydrogen (secondary N) is 3. The summed E-state index contributed by atoms with van der Waals surface area (Å²) >= 11 is 0. The van der Waals surface area contributed by atoms with Gasteiger partial charge in [0.05, 0.1) is 0 Å². The Morgan fingerprint density at radius 3 is 2.32 bits per heavy atom. The second-order valence-corrected chi connectivity index (χ2v) is 3.72. The van der Waals surface area contributed by atoms with Crippen LogP contribution in [0.3, 0.4) is 0 Å². The first-order valence-electron chi connectivity index (χ1n) is 5.63. The summed E-state index contributed by atoms with van der Waals surface area (Å²) in [4.78, 5) is 43.6. The van der Waals surface area contributed by atoms with Crippen molar-refractivity contribution in [2.45, 2.75) is 25.3 Å². The van der Waals surface area contributed by atoms with Crippen LogP contribution in [0.4, 0.5) is 4.79 Å². The lowest BCUT2D eigenvalue weighted by molar-refractivity contribution is -0.139. The number of hydrogen-bond donors (Lipinski definition) is 5. The fourth-order valence-corrected chi connectivity index (χ4v) is 1.17. The van der Waals surface area contributed by atoms with Crippen LogP contribution >= 0.6 is 0 Å². The van der Waals surface area contributed by atoms with Gasteiger partial charge in [0.1, 0.15) is 6.04 Å². The molecule has 0 aliphatic carbocycles. The molecule has 0 aliphatic heterocycles. The van der Waals surface area contributed by atoms with E-state index in [0.29, 0.717) is 0 Å². The normalized spacial score (nSPS) is 11.2. The van der Waals surface area contributed by atoms with Crippen molar-refractivity contribution in [1.82, 2.24) is 16.0 Å². The van der Waals surface area contributed by atoms with Gasteiger partial charge >= 0.3 is 12.0 Å². The average Bonchev–Trinajstić information content (AvgIpc) is 2.33. The monoisotopic (exact) mass is 274 g/mol. The summed E-state index contributed by atoms with van der Waals surface area (Å²) in [6.45, 7) is 0.0770. The summed E-state index contributed by atoms with van der Waals surface area (Å²) in [5.74, 6) is -2.15. The van der Waals surface area contributed by atoms with Gasteiger partial charge in [0.2, 0.25) is 11.8 Å². The lowest BCUT2D eigenvalue weighted by Crippen LogP contribution is -2.47. The molecule has 0 fully saturated rings. The quantitative estimate of drug-likeness (QED) is 0.351. The highest BCUT2D eigenvalue weighted by molar-refractivity contribution is 5.83. The molecule has 9 heteroatoms.